The van der Waals surface area contributed by atoms with Crippen molar-refractivity contribution in [2.45, 2.75) is 39.0 Å². The number of Topliss-reactive ketones (excluding diaryl/α,β-unsaturated/α-hetero) is 1. The lowest BCUT2D eigenvalue weighted by atomic mass is 9.83. The van der Waals surface area contributed by atoms with Gasteiger partial charge >= 0.3 is 5.97 Å². The number of benzene rings is 2. The van der Waals surface area contributed by atoms with Crippen molar-refractivity contribution in [3.05, 3.63) is 58.0 Å². The first-order valence-electron chi connectivity index (χ1n) is 9.78. The first-order valence-corrected chi connectivity index (χ1v) is 9.78. The molecule has 0 amide bonds. The molecule has 0 saturated heterocycles. The fourth-order valence-electron chi connectivity index (χ4n) is 4.22. The minimum atomic E-state index is -0.288. The number of ketones is 1. The SMILES string of the molecule is CCOC(=O)CCC(=O)C1C=c2c(ccc3c2=CCc2ccccc2-3)CC1. The Morgan fingerprint density at radius 1 is 1.00 bits per heavy atom. The molecule has 0 fully saturated rings. The number of carbonyl (C=O) groups excluding carboxylic acids is 2. The summed E-state index contributed by atoms with van der Waals surface area (Å²) in [4.78, 5) is 24.2. The first kappa shape index (κ1) is 17.7. The largest absolute Gasteiger partial charge is 0.466 e. The molecule has 0 aromatic heterocycles. The zero-order valence-electron chi connectivity index (χ0n) is 15.7. The quantitative estimate of drug-likeness (QED) is 0.770. The van der Waals surface area contributed by atoms with E-state index in [1.165, 1.54) is 32.7 Å². The van der Waals surface area contributed by atoms with Crippen LogP contribution in [0.25, 0.3) is 23.3 Å². The maximum absolute atomic E-state index is 12.6. The van der Waals surface area contributed by atoms with Crippen molar-refractivity contribution in [2.75, 3.05) is 6.61 Å². The van der Waals surface area contributed by atoms with Crippen LogP contribution < -0.4 is 10.4 Å². The fraction of sp³-hybridized carbons (Fsp3) is 0.333. The van der Waals surface area contributed by atoms with Crippen LogP contribution in [0.2, 0.25) is 0 Å². The standard InChI is InChI=1S/C24H24O3/c1-2-27-24(26)14-13-23(25)18-8-7-17-10-11-20-19-6-4-3-5-16(19)9-12-21(20)22(17)15-18/h3-6,10-12,15,18H,2,7-9,13-14H2,1H3. The summed E-state index contributed by atoms with van der Waals surface area (Å²) in [5.74, 6) is -0.254. The molecule has 138 valence electrons. The molecular weight excluding hydrogens is 336 g/mol. The Morgan fingerprint density at radius 3 is 2.70 bits per heavy atom. The Balaban J connectivity index is 1.65. The number of rotatable bonds is 5. The van der Waals surface area contributed by atoms with Crippen LogP contribution in [0.15, 0.2) is 36.4 Å². The number of hydrogen-bond acceptors (Lipinski definition) is 3. The molecule has 2 aromatic carbocycles. The van der Waals surface area contributed by atoms with E-state index in [0.29, 0.717) is 6.61 Å². The third-order valence-electron chi connectivity index (χ3n) is 5.60. The van der Waals surface area contributed by atoms with Gasteiger partial charge in [0.15, 0.2) is 0 Å². The monoisotopic (exact) mass is 360 g/mol. The van der Waals surface area contributed by atoms with Crippen LogP contribution in [0, 0.1) is 5.92 Å². The predicted octanol–water partition coefficient (Wildman–Crippen LogP) is 2.95. The molecule has 0 spiro atoms. The van der Waals surface area contributed by atoms with Gasteiger partial charge in [-0.1, -0.05) is 48.6 Å². The molecule has 27 heavy (non-hydrogen) atoms. The van der Waals surface area contributed by atoms with Gasteiger partial charge in [0.2, 0.25) is 0 Å². The van der Waals surface area contributed by atoms with Crippen molar-refractivity contribution in [1.29, 1.82) is 0 Å². The average molecular weight is 360 g/mol. The number of esters is 1. The molecule has 4 rings (SSSR count). The molecule has 2 aliphatic carbocycles. The van der Waals surface area contributed by atoms with E-state index >= 15 is 0 Å². The number of ether oxygens (including phenoxy) is 1. The summed E-state index contributed by atoms with van der Waals surface area (Å²) >= 11 is 0. The Hall–Kier alpha value is -2.68. The lowest BCUT2D eigenvalue weighted by Gasteiger charge is -2.21. The van der Waals surface area contributed by atoms with Gasteiger partial charge in [0, 0.05) is 12.3 Å². The van der Waals surface area contributed by atoms with Gasteiger partial charge in [-0.25, -0.2) is 0 Å². The lowest BCUT2D eigenvalue weighted by molar-refractivity contribution is -0.144. The van der Waals surface area contributed by atoms with Crippen LogP contribution in [0.5, 0.6) is 0 Å². The molecule has 2 aromatic rings. The first-order chi connectivity index (χ1) is 13.2. The molecule has 0 saturated carbocycles. The summed E-state index contributed by atoms with van der Waals surface area (Å²) in [7, 11) is 0. The molecule has 1 unspecified atom stereocenters. The zero-order chi connectivity index (χ0) is 18.8. The van der Waals surface area contributed by atoms with Crippen molar-refractivity contribution in [1.82, 2.24) is 0 Å². The third kappa shape index (κ3) is 3.46. The van der Waals surface area contributed by atoms with Gasteiger partial charge in [0.25, 0.3) is 0 Å². The fourth-order valence-corrected chi connectivity index (χ4v) is 4.22. The summed E-state index contributed by atoms with van der Waals surface area (Å²) < 4.78 is 4.94. The molecule has 3 nitrogen and oxygen atoms in total. The van der Waals surface area contributed by atoms with Crippen molar-refractivity contribution in [2.24, 2.45) is 5.92 Å². The van der Waals surface area contributed by atoms with E-state index in [0.717, 1.165) is 19.3 Å². The lowest BCUT2D eigenvalue weighted by Crippen LogP contribution is -2.37. The Labute approximate surface area is 159 Å². The smallest absolute Gasteiger partial charge is 0.306 e. The summed E-state index contributed by atoms with van der Waals surface area (Å²) in [5, 5.41) is 2.47. The Kier molecular flexibility index (Phi) is 4.93. The molecule has 0 radical (unpaired) electrons. The highest BCUT2D eigenvalue weighted by atomic mass is 16.5. The van der Waals surface area contributed by atoms with Gasteiger partial charge in [0.1, 0.15) is 5.78 Å². The zero-order valence-corrected chi connectivity index (χ0v) is 15.7. The van der Waals surface area contributed by atoms with Gasteiger partial charge in [-0.05, 0) is 58.9 Å². The molecule has 0 aliphatic heterocycles. The second-order valence-electron chi connectivity index (χ2n) is 7.25. The van der Waals surface area contributed by atoms with Crippen LogP contribution >= 0.6 is 0 Å². The highest BCUT2D eigenvalue weighted by Gasteiger charge is 2.22. The second-order valence-corrected chi connectivity index (χ2v) is 7.25. The molecule has 3 heteroatoms. The van der Waals surface area contributed by atoms with Gasteiger partial charge in [-0.3, -0.25) is 9.59 Å². The van der Waals surface area contributed by atoms with E-state index in [2.05, 4.69) is 48.6 Å². The van der Waals surface area contributed by atoms with Gasteiger partial charge in [-0.2, -0.15) is 0 Å². The maximum atomic E-state index is 12.6. The number of fused-ring (bicyclic) bond motifs is 5. The normalized spacial score (nSPS) is 16.9. The predicted molar refractivity (Wildman–Crippen MR) is 106 cm³/mol. The number of hydrogen-bond donors (Lipinski definition) is 0. The molecule has 0 bridgehead atoms. The number of carbonyl (C=O) groups is 2. The molecule has 0 N–H and O–H groups in total. The summed E-state index contributed by atoms with van der Waals surface area (Å²) in [6.45, 7) is 2.14. The van der Waals surface area contributed by atoms with Crippen LogP contribution in [0.4, 0.5) is 0 Å². The van der Waals surface area contributed by atoms with Crippen molar-refractivity contribution < 1.29 is 14.3 Å². The third-order valence-corrected chi connectivity index (χ3v) is 5.60. The van der Waals surface area contributed by atoms with Gasteiger partial charge in [-0.15, -0.1) is 0 Å². The minimum Gasteiger partial charge on any atom is -0.466 e. The Morgan fingerprint density at radius 2 is 1.85 bits per heavy atom. The highest BCUT2D eigenvalue weighted by Crippen LogP contribution is 2.25. The van der Waals surface area contributed by atoms with Crippen molar-refractivity contribution in [3.8, 4) is 11.1 Å². The molecule has 2 aliphatic rings. The minimum absolute atomic E-state index is 0.107. The average Bonchev–Trinajstić information content (AvgIpc) is 2.71. The maximum Gasteiger partial charge on any atom is 0.306 e. The van der Waals surface area contributed by atoms with Crippen molar-refractivity contribution in [3.63, 3.8) is 0 Å². The van der Waals surface area contributed by atoms with Crippen LogP contribution in [0.3, 0.4) is 0 Å². The van der Waals surface area contributed by atoms with Gasteiger partial charge in [0.05, 0.1) is 13.0 Å². The Bertz CT molecular complexity index is 1020. The summed E-state index contributed by atoms with van der Waals surface area (Å²) in [6.07, 6.45) is 7.52. The van der Waals surface area contributed by atoms with Crippen molar-refractivity contribution >= 4 is 23.9 Å². The van der Waals surface area contributed by atoms with E-state index in [1.807, 2.05) is 0 Å². The van der Waals surface area contributed by atoms with E-state index < -0.39 is 0 Å². The number of aryl methyl sites for hydroxylation is 1. The topological polar surface area (TPSA) is 43.4 Å². The van der Waals surface area contributed by atoms with Crippen LogP contribution in [-0.2, 0) is 27.2 Å². The molecule has 0 heterocycles. The second kappa shape index (κ2) is 7.51. The van der Waals surface area contributed by atoms with E-state index in [1.54, 1.807) is 6.92 Å². The van der Waals surface area contributed by atoms with E-state index in [-0.39, 0.29) is 30.5 Å². The molecule has 1 atom stereocenters. The summed E-state index contributed by atoms with van der Waals surface area (Å²) in [6, 6.07) is 13.0. The van der Waals surface area contributed by atoms with Crippen LogP contribution in [0.1, 0.15) is 37.3 Å². The molecular formula is C24H24O3. The van der Waals surface area contributed by atoms with E-state index in [9.17, 15) is 9.59 Å². The van der Waals surface area contributed by atoms with Crippen LogP contribution in [-0.4, -0.2) is 18.4 Å². The highest BCUT2D eigenvalue weighted by molar-refractivity contribution is 5.89. The summed E-state index contributed by atoms with van der Waals surface area (Å²) in [5.41, 5.74) is 5.22. The van der Waals surface area contributed by atoms with E-state index in [4.69, 9.17) is 4.74 Å². The van der Waals surface area contributed by atoms with Gasteiger partial charge < -0.3 is 4.74 Å².